The zero-order chi connectivity index (χ0) is 29.5. The molecule has 0 aliphatic carbocycles. The fourth-order valence-electron chi connectivity index (χ4n) is 5.73. The van der Waals surface area contributed by atoms with Gasteiger partial charge in [0.05, 0.1) is 30.7 Å². The van der Waals surface area contributed by atoms with Crippen molar-refractivity contribution < 1.29 is 23.8 Å². The number of amides is 1. The van der Waals surface area contributed by atoms with Crippen LogP contribution in [0.5, 0.6) is 11.5 Å². The Hall–Kier alpha value is -3.62. The van der Waals surface area contributed by atoms with Crippen molar-refractivity contribution in [3.63, 3.8) is 0 Å². The Bertz CT molecular complexity index is 1440. The lowest BCUT2D eigenvalue weighted by Crippen LogP contribution is -2.60. The van der Waals surface area contributed by atoms with Gasteiger partial charge in [-0.1, -0.05) is 54.6 Å². The van der Waals surface area contributed by atoms with Gasteiger partial charge in [0.2, 0.25) is 5.91 Å². The fraction of sp³-hybridized carbons (Fsp3) is 0.353. The second-order valence-corrected chi connectivity index (χ2v) is 11.6. The molecule has 8 heteroatoms. The maximum Gasteiger partial charge on any atom is 0.310 e. The molecule has 220 valence electrons. The average molecular weight is 634 g/mol. The van der Waals surface area contributed by atoms with Gasteiger partial charge in [-0.25, -0.2) is 0 Å². The first-order valence-corrected chi connectivity index (χ1v) is 15.2. The lowest BCUT2D eigenvalue weighted by atomic mass is 9.83. The minimum atomic E-state index is -0.312. The first-order chi connectivity index (χ1) is 20.4. The number of carbonyl (C=O) groups is 2. The van der Waals surface area contributed by atoms with Gasteiger partial charge in [0.25, 0.3) is 0 Å². The molecule has 3 aromatic carbocycles. The van der Waals surface area contributed by atoms with E-state index in [0.717, 1.165) is 46.2 Å². The number of aryl methyl sites for hydroxylation is 1. The summed E-state index contributed by atoms with van der Waals surface area (Å²) < 4.78 is 18.1. The summed E-state index contributed by atoms with van der Waals surface area (Å²) in [7, 11) is 1.60. The minimum Gasteiger partial charge on any atom is -0.496 e. The number of benzene rings is 3. The molecule has 2 bridgehead atoms. The van der Waals surface area contributed by atoms with Gasteiger partial charge in [-0.05, 0) is 75.7 Å². The highest BCUT2D eigenvalue weighted by atomic mass is 79.9. The van der Waals surface area contributed by atoms with Crippen molar-refractivity contribution in [2.75, 3.05) is 33.4 Å². The molecule has 0 saturated carbocycles. The van der Waals surface area contributed by atoms with E-state index >= 15 is 0 Å². The van der Waals surface area contributed by atoms with E-state index in [-0.39, 0.29) is 37.0 Å². The van der Waals surface area contributed by atoms with Crippen molar-refractivity contribution in [2.45, 2.75) is 44.7 Å². The lowest BCUT2D eigenvalue weighted by Gasteiger charge is -2.44. The summed E-state index contributed by atoms with van der Waals surface area (Å²) in [5.74, 6) is 1.28. The van der Waals surface area contributed by atoms with Crippen LogP contribution >= 0.6 is 15.9 Å². The van der Waals surface area contributed by atoms with Crippen LogP contribution in [0.4, 0.5) is 0 Å². The number of rotatable bonds is 11. The number of carbonyl (C=O) groups excluding carboxylic acids is 2. The summed E-state index contributed by atoms with van der Waals surface area (Å²) in [5.41, 5.74) is 5.39. The first-order valence-electron chi connectivity index (χ1n) is 14.4. The van der Waals surface area contributed by atoms with E-state index < -0.39 is 0 Å². The summed E-state index contributed by atoms with van der Waals surface area (Å²) in [5, 5.41) is 3.66. The molecule has 5 rings (SSSR count). The predicted octanol–water partition coefficient (Wildman–Crippen LogP) is 5.60. The Balaban J connectivity index is 1.27. The van der Waals surface area contributed by atoms with Crippen molar-refractivity contribution >= 4 is 33.4 Å². The third-order valence-electron chi connectivity index (χ3n) is 7.91. The van der Waals surface area contributed by atoms with E-state index in [1.54, 1.807) is 14.0 Å². The highest BCUT2D eigenvalue weighted by molar-refractivity contribution is 9.10. The monoisotopic (exact) mass is 632 g/mol. The van der Waals surface area contributed by atoms with Gasteiger partial charge in [-0.15, -0.1) is 0 Å². The van der Waals surface area contributed by atoms with Crippen molar-refractivity contribution in [3.05, 3.63) is 99.5 Å². The zero-order valence-electron chi connectivity index (χ0n) is 24.1. The first kappa shape index (κ1) is 29.9. The third-order valence-corrected chi connectivity index (χ3v) is 8.56. The molecule has 3 aromatic rings. The summed E-state index contributed by atoms with van der Waals surface area (Å²) >= 11 is 3.53. The Morgan fingerprint density at radius 1 is 0.976 bits per heavy atom. The number of piperazine rings is 1. The molecule has 2 aliphatic heterocycles. The Morgan fingerprint density at radius 3 is 2.45 bits per heavy atom. The van der Waals surface area contributed by atoms with E-state index in [9.17, 15) is 9.59 Å². The summed E-state index contributed by atoms with van der Waals surface area (Å²) in [6.45, 7) is 3.66. The number of hydrogen-bond donors (Lipinski definition) is 1. The predicted molar refractivity (Wildman–Crippen MR) is 167 cm³/mol. The molecular formula is C34H37BrN2O5. The Morgan fingerprint density at radius 2 is 1.71 bits per heavy atom. The van der Waals surface area contributed by atoms with E-state index in [1.165, 1.54) is 11.1 Å². The van der Waals surface area contributed by atoms with E-state index in [0.29, 0.717) is 25.4 Å². The average Bonchev–Trinajstić information content (AvgIpc) is 3.00. The van der Waals surface area contributed by atoms with Gasteiger partial charge in [0.1, 0.15) is 18.1 Å². The highest BCUT2D eigenvalue weighted by Crippen LogP contribution is 2.34. The van der Waals surface area contributed by atoms with E-state index in [1.807, 2.05) is 53.4 Å². The number of ether oxygens (including phenoxy) is 3. The van der Waals surface area contributed by atoms with Crippen molar-refractivity contribution in [1.82, 2.24) is 10.2 Å². The van der Waals surface area contributed by atoms with Crippen LogP contribution in [0.2, 0.25) is 0 Å². The van der Waals surface area contributed by atoms with Gasteiger partial charge in [0.15, 0.2) is 0 Å². The second-order valence-electron chi connectivity index (χ2n) is 10.8. The maximum absolute atomic E-state index is 12.9. The molecule has 1 fully saturated rings. The minimum absolute atomic E-state index is 0.0652. The molecule has 42 heavy (non-hydrogen) atoms. The number of nitrogens with zero attached hydrogens (tertiary/aromatic N) is 1. The molecule has 2 aliphatic rings. The van der Waals surface area contributed by atoms with Gasteiger partial charge < -0.3 is 24.4 Å². The van der Waals surface area contributed by atoms with Gasteiger partial charge in [-0.3, -0.25) is 9.59 Å². The van der Waals surface area contributed by atoms with Gasteiger partial charge in [-0.2, -0.15) is 0 Å². The SMILES string of the molecule is COc1ccccc1CC(=O)OCC1=C(c2ccc(CCCOc3ccccc3Br)cc2)C[C@@H]2CN(C(C)=O)C[C@H]1N2. The quantitative estimate of drug-likeness (QED) is 0.219. The third kappa shape index (κ3) is 7.41. The van der Waals surface area contributed by atoms with Crippen molar-refractivity contribution in [1.29, 1.82) is 0 Å². The standard InChI is InChI=1S/C34H37BrN2O5/c1-23(38)37-20-27-19-28(25-15-13-24(14-16-25)8-7-17-41-33-12-6-4-10-30(33)35)29(31(21-37)36-27)22-42-34(39)18-26-9-3-5-11-32(26)40-2/h3-6,9-16,27,31,36H,7-8,17-22H2,1-2H3/t27-,31-/m1/s1. The smallest absolute Gasteiger partial charge is 0.310 e. The zero-order valence-corrected chi connectivity index (χ0v) is 25.7. The second kappa shape index (κ2) is 14.0. The largest absolute Gasteiger partial charge is 0.496 e. The maximum atomic E-state index is 12.9. The number of esters is 1. The number of hydrogen-bond acceptors (Lipinski definition) is 6. The van der Waals surface area contributed by atoms with Crippen LogP contribution in [0.15, 0.2) is 82.8 Å². The van der Waals surface area contributed by atoms with Crippen molar-refractivity contribution in [2.24, 2.45) is 0 Å². The van der Waals surface area contributed by atoms with E-state index in [4.69, 9.17) is 14.2 Å². The number of para-hydroxylation sites is 2. The molecule has 1 N–H and O–H groups in total. The van der Waals surface area contributed by atoms with Crippen LogP contribution in [0.3, 0.4) is 0 Å². The van der Waals surface area contributed by atoms with Crippen LogP contribution in [-0.2, 0) is 27.2 Å². The Kier molecular flexibility index (Phi) is 9.97. The number of nitrogens with one attached hydrogen (secondary N) is 1. The molecule has 2 heterocycles. The van der Waals surface area contributed by atoms with Crippen LogP contribution in [0, 0.1) is 0 Å². The summed E-state index contributed by atoms with van der Waals surface area (Å²) in [4.78, 5) is 27.0. The number of halogens is 1. The lowest BCUT2D eigenvalue weighted by molar-refractivity contribution is -0.142. The molecule has 0 radical (unpaired) electrons. The molecule has 0 unspecified atom stereocenters. The van der Waals surface area contributed by atoms with Gasteiger partial charge >= 0.3 is 5.97 Å². The van der Waals surface area contributed by atoms with E-state index in [2.05, 4.69) is 45.5 Å². The molecule has 1 saturated heterocycles. The Labute approximate surface area is 256 Å². The number of methoxy groups -OCH3 is 1. The fourth-order valence-corrected chi connectivity index (χ4v) is 6.13. The van der Waals surface area contributed by atoms with Gasteiger partial charge in [0, 0.05) is 31.6 Å². The topological polar surface area (TPSA) is 77.1 Å². The molecule has 7 nitrogen and oxygen atoms in total. The van der Waals surface area contributed by atoms with Crippen molar-refractivity contribution in [3.8, 4) is 11.5 Å². The van der Waals surface area contributed by atoms with Crippen LogP contribution in [0.1, 0.15) is 36.5 Å². The normalized spacial score (nSPS) is 18.0. The molecule has 0 aromatic heterocycles. The molecule has 0 spiro atoms. The van der Waals surface area contributed by atoms with Crippen LogP contribution in [0.25, 0.3) is 5.57 Å². The number of fused-ring (bicyclic) bond motifs is 2. The summed E-state index contributed by atoms with van der Waals surface area (Å²) in [6, 6.07) is 24.1. The molecule has 1 amide bonds. The molecule has 2 atom stereocenters. The van der Waals surface area contributed by atoms with Crippen LogP contribution in [-0.4, -0.2) is 62.3 Å². The van der Waals surface area contributed by atoms with Crippen LogP contribution < -0.4 is 14.8 Å². The summed E-state index contributed by atoms with van der Waals surface area (Å²) in [6.07, 6.45) is 2.72. The molecular weight excluding hydrogens is 596 g/mol. The highest BCUT2D eigenvalue weighted by Gasteiger charge is 2.36.